The van der Waals surface area contributed by atoms with Crippen LogP contribution in [0.2, 0.25) is 0 Å². The molecule has 1 heterocycles. The summed E-state index contributed by atoms with van der Waals surface area (Å²) in [6.07, 6.45) is 9.27. The summed E-state index contributed by atoms with van der Waals surface area (Å²) in [7, 11) is 0. The van der Waals surface area contributed by atoms with Gasteiger partial charge in [-0.05, 0) is 118 Å². The topological polar surface area (TPSA) is 109 Å². The van der Waals surface area contributed by atoms with Gasteiger partial charge in [-0.3, -0.25) is 4.79 Å². The highest BCUT2D eigenvalue weighted by atomic mass is 32.1. The molecule has 0 saturated heterocycles. The van der Waals surface area contributed by atoms with E-state index >= 15 is 0 Å². The number of thiazole rings is 1. The number of esters is 1. The Balaban J connectivity index is 1.21. The molecule has 4 aliphatic carbocycles. The minimum absolute atomic E-state index is 0.0827. The normalized spacial score (nSPS) is 40.2. The number of hydrogen-bond donors (Lipinski definition) is 3. The third-order valence-electron chi connectivity index (χ3n) is 11.8. The standard InChI is InChI=1S/C31H48N2O5S/c1-6-38-28(37)27-18(3)32-29(39-27)33-26(36)12-7-17(2)22-10-11-23-21-9-8-19-15-20(34)13-14-30(19,4)24(21)16-25(35)31(22,23)5/h17,19-25,34-35H,6-16H2,1-5H3,(H,32,33,36)/t17-,19-,20-,21+,22-,23+,24+,25+,30+,31-/m1/s1. The van der Waals surface area contributed by atoms with E-state index in [-0.39, 0.29) is 28.9 Å². The first kappa shape index (κ1) is 29.0. The Bertz CT molecular complexity index is 1080. The molecule has 0 aromatic carbocycles. The van der Waals surface area contributed by atoms with Gasteiger partial charge in [-0.25, -0.2) is 9.78 Å². The number of aromatic nitrogens is 1. The number of amides is 1. The summed E-state index contributed by atoms with van der Waals surface area (Å²) in [5, 5.41) is 25.4. The van der Waals surface area contributed by atoms with Crippen LogP contribution in [-0.2, 0) is 9.53 Å². The van der Waals surface area contributed by atoms with Gasteiger partial charge in [-0.15, -0.1) is 0 Å². The van der Waals surface area contributed by atoms with Gasteiger partial charge < -0.3 is 20.3 Å². The van der Waals surface area contributed by atoms with Gasteiger partial charge >= 0.3 is 5.97 Å². The summed E-state index contributed by atoms with van der Waals surface area (Å²) >= 11 is 1.16. The lowest BCUT2D eigenvalue weighted by atomic mass is 9.43. The van der Waals surface area contributed by atoms with Crippen LogP contribution in [0.5, 0.6) is 0 Å². The Morgan fingerprint density at radius 2 is 1.90 bits per heavy atom. The van der Waals surface area contributed by atoms with Gasteiger partial charge in [0.25, 0.3) is 0 Å². The minimum Gasteiger partial charge on any atom is -0.462 e. The predicted octanol–water partition coefficient (Wildman–Crippen LogP) is 5.97. The van der Waals surface area contributed by atoms with Crippen molar-refractivity contribution in [3.05, 3.63) is 10.6 Å². The summed E-state index contributed by atoms with van der Waals surface area (Å²) in [5.74, 6) is 2.60. The van der Waals surface area contributed by atoms with E-state index in [1.54, 1.807) is 13.8 Å². The van der Waals surface area contributed by atoms with Crippen molar-refractivity contribution in [2.75, 3.05) is 11.9 Å². The van der Waals surface area contributed by atoms with Gasteiger partial charge in [0.15, 0.2) is 5.13 Å². The molecule has 0 bridgehead atoms. The maximum Gasteiger partial charge on any atom is 0.350 e. The Morgan fingerprint density at radius 3 is 2.64 bits per heavy atom. The number of rotatable bonds is 7. The van der Waals surface area contributed by atoms with Crippen molar-refractivity contribution in [1.29, 1.82) is 0 Å². The molecule has 5 rings (SSSR count). The highest BCUT2D eigenvalue weighted by Gasteiger charge is 2.63. The van der Waals surface area contributed by atoms with Gasteiger partial charge in [0.2, 0.25) is 5.91 Å². The van der Waals surface area contributed by atoms with Crippen LogP contribution in [0.4, 0.5) is 5.13 Å². The van der Waals surface area contributed by atoms with Crippen LogP contribution in [-0.4, -0.2) is 45.9 Å². The molecule has 0 aliphatic heterocycles. The smallest absolute Gasteiger partial charge is 0.350 e. The third-order valence-corrected chi connectivity index (χ3v) is 12.9. The Labute approximate surface area is 237 Å². The van der Waals surface area contributed by atoms with E-state index < -0.39 is 5.97 Å². The van der Waals surface area contributed by atoms with Crippen LogP contribution in [0.1, 0.15) is 107 Å². The fourth-order valence-corrected chi connectivity index (χ4v) is 10.6. The zero-order chi connectivity index (χ0) is 28.1. The van der Waals surface area contributed by atoms with E-state index in [4.69, 9.17) is 4.74 Å². The molecule has 0 spiro atoms. The molecule has 4 saturated carbocycles. The van der Waals surface area contributed by atoms with Crippen molar-refractivity contribution in [3.63, 3.8) is 0 Å². The summed E-state index contributed by atoms with van der Waals surface area (Å²) in [6.45, 7) is 10.9. The molecule has 39 heavy (non-hydrogen) atoms. The largest absolute Gasteiger partial charge is 0.462 e. The maximum atomic E-state index is 12.8. The van der Waals surface area contributed by atoms with Crippen LogP contribution in [0.15, 0.2) is 0 Å². The second-order valence-electron chi connectivity index (χ2n) is 13.6. The molecule has 10 atom stereocenters. The highest BCUT2D eigenvalue weighted by molar-refractivity contribution is 7.17. The van der Waals surface area contributed by atoms with Crippen LogP contribution in [0.25, 0.3) is 0 Å². The highest BCUT2D eigenvalue weighted by Crippen LogP contribution is 2.68. The quantitative estimate of drug-likeness (QED) is 0.354. The Kier molecular flexibility index (Phi) is 8.22. The number of carbonyl (C=O) groups excluding carboxylic acids is 2. The molecule has 4 fully saturated rings. The zero-order valence-electron chi connectivity index (χ0n) is 24.4. The lowest BCUT2D eigenvalue weighted by Gasteiger charge is -2.62. The number of carbonyl (C=O) groups is 2. The van der Waals surface area contributed by atoms with Crippen LogP contribution in [0.3, 0.4) is 0 Å². The molecule has 0 unspecified atom stereocenters. The molecule has 218 valence electrons. The Morgan fingerprint density at radius 1 is 1.13 bits per heavy atom. The van der Waals surface area contributed by atoms with Gasteiger partial charge in [0.05, 0.1) is 24.5 Å². The molecule has 8 heteroatoms. The van der Waals surface area contributed by atoms with Crippen molar-refractivity contribution in [2.45, 2.75) is 111 Å². The van der Waals surface area contributed by atoms with E-state index in [1.165, 1.54) is 19.3 Å². The number of hydrogen-bond acceptors (Lipinski definition) is 7. The van der Waals surface area contributed by atoms with Crippen molar-refractivity contribution in [3.8, 4) is 0 Å². The number of nitrogens with zero attached hydrogens (tertiary/aromatic N) is 1. The first-order valence-corrected chi connectivity index (χ1v) is 16.1. The molecule has 1 amide bonds. The molecular weight excluding hydrogens is 512 g/mol. The summed E-state index contributed by atoms with van der Waals surface area (Å²) < 4.78 is 5.08. The van der Waals surface area contributed by atoms with E-state index in [0.29, 0.717) is 64.2 Å². The monoisotopic (exact) mass is 560 g/mol. The van der Waals surface area contributed by atoms with E-state index in [9.17, 15) is 19.8 Å². The lowest BCUT2D eigenvalue weighted by Crippen LogP contribution is -2.58. The number of ether oxygens (including phenoxy) is 1. The third kappa shape index (κ3) is 5.07. The number of aryl methyl sites for hydroxylation is 1. The van der Waals surface area contributed by atoms with Gasteiger partial charge in [-0.1, -0.05) is 32.1 Å². The zero-order valence-corrected chi connectivity index (χ0v) is 25.2. The van der Waals surface area contributed by atoms with E-state index in [0.717, 1.165) is 49.9 Å². The van der Waals surface area contributed by atoms with Gasteiger partial charge in [0, 0.05) is 6.42 Å². The molecule has 3 N–H and O–H groups in total. The molecular formula is C31H48N2O5S. The van der Waals surface area contributed by atoms with Crippen LogP contribution < -0.4 is 5.32 Å². The fraction of sp³-hybridized carbons (Fsp3) is 0.839. The van der Waals surface area contributed by atoms with Gasteiger partial charge in [-0.2, -0.15) is 0 Å². The van der Waals surface area contributed by atoms with E-state index in [1.807, 2.05) is 0 Å². The first-order chi connectivity index (χ1) is 18.5. The molecule has 0 radical (unpaired) electrons. The summed E-state index contributed by atoms with van der Waals surface area (Å²) in [4.78, 5) is 29.7. The molecule has 1 aromatic rings. The SMILES string of the molecule is CCOC(=O)c1sc(NC(=O)CC[C@@H](C)[C@H]2CC[C@H]3[C@@H]4CC[C@@H]5C[C@H](O)CC[C@]5(C)[C@H]4C[C@H](O)[C@]23C)nc1C. The maximum absolute atomic E-state index is 12.8. The number of anilines is 1. The van der Waals surface area contributed by atoms with Crippen LogP contribution >= 0.6 is 11.3 Å². The number of aliphatic hydroxyl groups is 2. The fourth-order valence-electron chi connectivity index (χ4n) is 9.74. The van der Waals surface area contributed by atoms with Gasteiger partial charge in [0.1, 0.15) is 4.88 Å². The van der Waals surface area contributed by atoms with Crippen molar-refractivity contribution < 1.29 is 24.5 Å². The average Bonchev–Trinajstić information content (AvgIpc) is 3.44. The summed E-state index contributed by atoms with van der Waals surface area (Å²) in [5.41, 5.74) is 0.715. The van der Waals surface area contributed by atoms with Crippen molar-refractivity contribution in [1.82, 2.24) is 4.98 Å². The first-order valence-electron chi connectivity index (χ1n) is 15.3. The number of fused-ring (bicyclic) bond motifs is 5. The molecule has 7 nitrogen and oxygen atoms in total. The number of aliphatic hydroxyl groups excluding tert-OH is 2. The Hall–Kier alpha value is -1.51. The predicted molar refractivity (Wildman–Crippen MR) is 152 cm³/mol. The lowest BCUT2D eigenvalue weighted by molar-refractivity contribution is -0.174. The summed E-state index contributed by atoms with van der Waals surface area (Å²) in [6, 6.07) is 0. The van der Waals surface area contributed by atoms with Crippen molar-refractivity contribution >= 4 is 28.3 Å². The minimum atomic E-state index is -0.400. The van der Waals surface area contributed by atoms with Crippen LogP contribution in [0, 0.1) is 53.3 Å². The average molecular weight is 561 g/mol. The molecule has 1 aromatic heterocycles. The van der Waals surface area contributed by atoms with Crippen molar-refractivity contribution in [2.24, 2.45) is 46.3 Å². The second kappa shape index (κ2) is 11.1. The number of nitrogens with one attached hydrogen (secondary N) is 1. The molecule has 4 aliphatic rings. The van der Waals surface area contributed by atoms with E-state index in [2.05, 4.69) is 31.1 Å². The second-order valence-corrected chi connectivity index (χ2v) is 14.6.